The number of likely N-dealkylation sites (tertiary alicyclic amines) is 1. The maximum Gasteiger partial charge on any atom is 0.231 e. The molecular weight excluding hydrogens is 354 g/mol. The lowest BCUT2D eigenvalue weighted by Gasteiger charge is -2.32. The number of aromatic nitrogens is 2. The third-order valence-electron chi connectivity index (χ3n) is 6.18. The van der Waals surface area contributed by atoms with Gasteiger partial charge in [-0.25, -0.2) is 4.98 Å². The first-order valence-corrected chi connectivity index (χ1v) is 10.4. The summed E-state index contributed by atoms with van der Waals surface area (Å²) >= 11 is 0. The predicted octanol–water partition coefficient (Wildman–Crippen LogP) is 3.36. The van der Waals surface area contributed by atoms with Gasteiger partial charge in [-0.1, -0.05) is 6.07 Å². The van der Waals surface area contributed by atoms with E-state index in [4.69, 9.17) is 9.47 Å². The fraction of sp³-hybridized carbons (Fsp3) is 0.545. The van der Waals surface area contributed by atoms with Crippen molar-refractivity contribution in [3.8, 4) is 11.5 Å². The van der Waals surface area contributed by atoms with Gasteiger partial charge in [0.25, 0.3) is 0 Å². The molecule has 0 N–H and O–H groups in total. The molecule has 1 aromatic carbocycles. The van der Waals surface area contributed by atoms with E-state index < -0.39 is 0 Å². The van der Waals surface area contributed by atoms with Crippen LogP contribution in [-0.2, 0) is 17.8 Å². The van der Waals surface area contributed by atoms with Gasteiger partial charge in [0.15, 0.2) is 11.5 Å². The summed E-state index contributed by atoms with van der Waals surface area (Å²) in [6, 6.07) is 5.94. The van der Waals surface area contributed by atoms with Crippen LogP contribution in [0, 0.1) is 5.92 Å². The number of fused-ring (bicyclic) bond motifs is 1. The van der Waals surface area contributed by atoms with Gasteiger partial charge in [-0.15, -0.1) is 0 Å². The van der Waals surface area contributed by atoms with Crippen molar-refractivity contribution >= 4 is 5.91 Å². The molecule has 0 atom stereocenters. The second-order valence-electron chi connectivity index (χ2n) is 8.22. The third kappa shape index (κ3) is 3.73. The lowest BCUT2D eigenvalue weighted by atomic mass is 9.95. The van der Waals surface area contributed by atoms with Crippen LogP contribution in [0.15, 0.2) is 30.6 Å². The summed E-state index contributed by atoms with van der Waals surface area (Å²) in [5.74, 6) is 4.37. The highest BCUT2D eigenvalue weighted by Gasteiger charge is 2.28. The Bertz CT molecular complexity index is 850. The van der Waals surface area contributed by atoms with E-state index in [0.717, 1.165) is 61.9 Å². The third-order valence-corrected chi connectivity index (χ3v) is 6.18. The molecule has 2 aromatic rings. The minimum absolute atomic E-state index is 0.248. The highest BCUT2D eigenvalue weighted by molar-refractivity contribution is 5.76. The predicted molar refractivity (Wildman–Crippen MR) is 104 cm³/mol. The molecule has 1 aromatic heterocycles. The minimum Gasteiger partial charge on any atom is -0.454 e. The number of nitrogens with zero attached hydrogens (tertiary/aromatic N) is 3. The summed E-state index contributed by atoms with van der Waals surface area (Å²) < 4.78 is 13.1. The van der Waals surface area contributed by atoms with E-state index in [-0.39, 0.29) is 12.7 Å². The molecule has 1 saturated heterocycles. The van der Waals surface area contributed by atoms with Crippen LogP contribution in [0.3, 0.4) is 0 Å². The van der Waals surface area contributed by atoms with Gasteiger partial charge < -0.3 is 18.9 Å². The van der Waals surface area contributed by atoms with Gasteiger partial charge in [0, 0.05) is 44.4 Å². The van der Waals surface area contributed by atoms with Crippen molar-refractivity contribution in [2.75, 3.05) is 19.9 Å². The topological polar surface area (TPSA) is 56.6 Å². The Labute approximate surface area is 165 Å². The number of ether oxygens (including phenoxy) is 2. The normalized spacial score (nSPS) is 19.2. The van der Waals surface area contributed by atoms with Crippen LogP contribution in [0.4, 0.5) is 0 Å². The number of carbonyl (C=O) groups excluding carboxylic acids is 1. The van der Waals surface area contributed by atoms with E-state index in [2.05, 4.69) is 15.7 Å². The van der Waals surface area contributed by atoms with Crippen molar-refractivity contribution in [1.82, 2.24) is 14.5 Å². The Kier molecular flexibility index (Phi) is 4.71. The molecule has 0 unspecified atom stereocenters. The van der Waals surface area contributed by atoms with Gasteiger partial charge >= 0.3 is 0 Å². The van der Waals surface area contributed by atoms with E-state index in [1.54, 1.807) is 0 Å². The Morgan fingerprint density at radius 1 is 1.11 bits per heavy atom. The van der Waals surface area contributed by atoms with Crippen molar-refractivity contribution < 1.29 is 14.3 Å². The van der Waals surface area contributed by atoms with Crippen LogP contribution in [0.2, 0.25) is 0 Å². The number of benzene rings is 1. The first kappa shape index (κ1) is 17.6. The molecule has 28 heavy (non-hydrogen) atoms. The molecule has 5 rings (SSSR count). The van der Waals surface area contributed by atoms with Gasteiger partial charge in [-0.3, -0.25) is 4.79 Å². The van der Waals surface area contributed by atoms with Crippen LogP contribution in [0.5, 0.6) is 11.5 Å². The Morgan fingerprint density at radius 3 is 2.75 bits per heavy atom. The molecular formula is C22H27N3O3. The van der Waals surface area contributed by atoms with Gasteiger partial charge in [0.1, 0.15) is 5.82 Å². The smallest absolute Gasteiger partial charge is 0.231 e. The quantitative estimate of drug-likeness (QED) is 0.770. The van der Waals surface area contributed by atoms with Gasteiger partial charge in [0.2, 0.25) is 12.7 Å². The number of imidazole rings is 1. The summed E-state index contributed by atoms with van der Waals surface area (Å²) in [6.45, 7) is 3.07. The summed E-state index contributed by atoms with van der Waals surface area (Å²) in [6.07, 6.45) is 10.1. The number of hydrogen-bond donors (Lipinski definition) is 0. The first-order valence-electron chi connectivity index (χ1n) is 10.4. The first-order chi connectivity index (χ1) is 13.8. The van der Waals surface area contributed by atoms with Crippen molar-refractivity contribution in [1.29, 1.82) is 0 Å². The molecule has 0 spiro atoms. The van der Waals surface area contributed by atoms with E-state index in [9.17, 15) is 4.79 Å². The number of carbonyl (C=O) groups is 1. The lowest BCUT2D eigenvalue weighted by Crippen LogP contribution is -2.38. The maximum absolute atomic E-state index is 12.7. The van der Waals surface area contributed by atoms with Crippen LogP contribution >= 0.6 is 0 Å². The number of amides is 1. The summed E-state index contributed by atoms with van der Waals surface area (Å²) in [5, 5.41) is 0. The van der Waals surface area contributed by atoms with Crippen LogP contribution in [0.25, 0.3) is 0 Å². The van der Waals surface area contributed by atoms with E-state index >= 15 is 0 Å². The number of hydrogen-bond acceptors (Lipinski definition) is 4. The fourth-order valence-electron chi connectivity index (χ4n) is 4.31. The van der Waals surface area contributed by atoms with E-state index in [1.165, 1.54) is 18.7 Å². The minimum atomic E-state index is 0.248. The zero-order chi connectivity index (χ0) is 18.9. The van der Waals surface area contributed by atoms with Crippen molar-refractivity contribution in [2.24, 2.45) is 5.92 Å². The second-order valence-corrected chi connectivity index (χ2v) is 8.22. The zero-order valence-corrected chi connectivity index (χ0v) is 16.2. The molecule has 2 fully saturated rings. The molecule has 0 bridgehead atoms. The number of rotatable bonds is 6. The van der Waals surface area contributed by atoms with Gasteiger partial charge in [-0.05, 0) is 55.7 Å². The molecule has 2 aliphatic heterocycles. The summed E-state index contributed by atoms with van der Waals surface area (Å²) in [4.78, 5) is 19.3. The summed E-state index contributed by atoms with van der Waals surface area (Å²) in [5.41, 5.74) is 1.12. The molecule has 1 aliphatic carbocycles. The average Bonchev–Trinajstić information content (AvgIpc) is 3.22. The SMILES string of the molecule is O=C(CCc1ccc2c(c1)OCO2)N1CCC(c2nccn2CC2CC2)CC1. The Morgan fingerprint density at radius 2 is 1.93 bits per heavy atom. The van der Waals surface area contributed by atoms with E-state index in [0.29, 0.717) is 12.3 Å². The molecule has 3 heterocycles. The highest BCUT2D eigenvalue weighted by Crippen LogP contribution is 2.34. The fourth-order valence-corrected chi connectivity index (χ4v) is 4.31. The lowest BCUT2D eigenvalue weighted by molar-refractivity contribution is -0.132. The van der Waals surface area contributed by atoms with Gasteiger partial charge in [0.05, 0.1) is 0 Å². The molecule has 3 aliphatic rings. The number of aryl methyl sites for hydroxylation is 1. The molecule has 0 radical (unpaired) electrons. The van der Waals surface area contributed by atoms with Crippen LogP contribution in [-0.4, -0.2) is 40.2 Å². The molecule has 6 nitrogen and oxygen atoms in total. The molecule has 6 heteroatoms. The van der Waals surface area contributed by atoms with Crippen LogP contribution < -0.4 is 9.47 Å². The number of piperidine rings is 1. The molecule has 1 amide bonds. The monoisotopic (exact) mass is 381 g/mol. The highest BCUT2D eigenvalue weighted by atomic mass is 16.7. The van der Waals surface area contributed by atoms with Crippen molar-refractivity contribution in [2.45, 2.75) is 51.0 Å². The largest absolute Gasteiger partial charge is 0.454 e. The second kappa shape index (κ2) is 7.49. The van der Waals surface area contributed by atoms with Gasteiger partial charge in [-0.2, -0.15) is 0 Å². The average molecular weight is 381 g/mol. The maximum atomic E-state index is 12.7. The zero-order valence-electron chi connectivity index (χ0n) is 16.2. The Balaban J connectivity index is 1.12. The molecule has 148 valence electrons. The Hall–Kier alpha value is -2.50. The van der Waals surface area contributed by atoms with E-state index in [1.807, 2.05) is 29.3 Å². The summed E-state index contributed by atoms with van der Waals surface area (Å²) in [7, 11) is 0. The standard InChI is InChI=1S/C22H27N3O3/c26-21(6-4-16-3-5-19-20(13-16)28-15-27-19)24-10-7-18(8-11-24)22-23-9-12-25(22)14-17-1-2-17/h3,5,9,12-13,17-18H,1-2,4,6-8,10-11,14-15H2. The van der Waals surface area contributed by atoms with Crippen molar-refractivity contribution in [3.63, 3.8) is 0 Å². The molecule has 1 saturated carbocycles. The van der Waals surface area contributed by atoms with Crippen LogP contribution in [0.1, 0.15) is 49.4 Å². The van der Waals surface area contributed by atoms with Crippen molar-refractivity contribution in [3.05, 3.63) is 42.0 Å².